The smallest absolute Gasteiger partial charge is 0.407 e. The summed E-state index contributed by atoms with van der Waals surface area (Å²) in [6.07, 6.45) is 0.681. The van der Waals surface area contributed by atoms with Gasteiger partial charge < -0.3 is 10.0 Å². The van der Waals surface area contributed by atoms with Gasteiger partial charge in [0.05, 0.1) is 6.04 Å². The summed E-state index contributed by atoms with van der Waals surface area (Å²) < 4.78 is 0. The van der Waals surface area contributed by atoms with E-state index in [-0.39, 0.29) is 17.9 Å². The molecule has 0 saturated carbocycles. The molecule has 2 atom stereocenters. The number of carbonyl (C=O) groups is 2. The average molecular weight is 333 g/mol. The van der Waals surface area contributed by atoms with E-state index in [2.05, 4.69) is 16.7 Å². The largest absolute Gasteiger partial charge is 0.465 e. The third-order valence-corrected chi connectivity index (χ3v) is 4.66. The first-order chi connectivity index (χ1) is 11.0. The van der Waals surface area contributed by atoms with E-state index in [4.69, 9.17) is 16.7 Å². The van der Waals surface area contributed by atoms with Gasteiger partial charge in [0.25, 0.3) is 0 Å². The van der Waals surface area contributed by atoms with Crippen molar-refractivity contribution in [2.24, 2.45) is 0 Å². The van der Waals surface area contributed by atoms with Crippen LogP contribution in [0.25, 0.3) is 0 Å². The minimum Gasteiger partial charge on any atom is -0.465 e. The molecule has 3 rings (SSSR count). The zero-order valence-electron chi connectivity index (χ0n) is 12.5. The van der Waals surface area contributed by atoms with Crippen LogP contribution in [-0.2, 0) is 4.79 Å². The molecule has 2 saturated heterocycles. The van der Waals surface area contributed by atoms with Gasteiger partial charge in [0.1, 0.15) is 0 Å². The fourth-order valence-corrected chi connectivity index (χ4v) is 3.48. The van der Waals surface area contributed by atoms with Crippen molar-refractivity contribution in [1.82, 2.24) is 9.80 Å². The Balaban J connectivity index is 1.67. The number of hydrogen-bond acceptors (Lipinski definition) is 3. The highest BCUT2D eigenvalue weighted by atomic mass is 35.5. The van der Waals surface area contributed by atoms with E-state index in [0.717, 1.165) is 18.4 Å². The normalized spacial score (nSPS) is 23.8. The van der Waals surface area contributed by atoms with Gasteiger partial charge in [-0.15, -0.1) is 0 Å². The average Bonchev–Trinajstić information content (AvgIpc) is 2.95. The lowest BCUT2D eigenvalue weighted by Crippen LogP contribution is -2.55. The van der Waals surface area contributed by atoms with Crippen LogP contribution in [0.2, 0.25) is 5.02 Å². The molecule has 23 heavy (non-hydrogen) atoms. The van der Waals surface area contributed by atoms with Gasteiger partial charge >= 0.3 is 6.09 Å². The Kier molecular flexibility index (Phi) is 4.56. The van der Waals surface area contributed by atoms with Crippen LogP contribution in [0.4, 0.5) is 4.79 Å². The molecule has 1 aromatic rings. The molecule has 2 aliphatic heterocycles. The summed E-state index contributed by atoms with van der Waals surface area (Å²) in [5, 5.41) is 9.67. The number of rotatable bonds is 1. The Morgan fingerprint density at radius 1 is 1.26 bits per heavy atom. The van der Waals surface area contributed by atoms with Gasteiger partial charge in [-0.05, 0) is 37.0 Å². The number of fused-ring (bicyclic) bond motifs is 1. The molecule has 0 aromatic heterocycles. The highest BCUT2D eigenvalue weighted by Crippen LogP contribution is 2.28. The van der Waals surface area contributed by atoms with E-state index in [1.165, 1.54) is 4.90 Å². The van der Waals surface area contributed by atoms with Crippen LogP contribution < -0.4 is 0 Å². The number of benzene rings is 1. The number of carboxylic acid groups (broad SMARTS) is 1. The molecule has 2 aliphatic rings. The molecule has 0 radical (unpaired) electrons. The molecular formula is C17H17ClN2O3. The number of nitrogens with zero attached hydrogens (tertiary/aromatic N) is 2. The van der Waals surface area contributed by atoms with Crippen molar-refractivity contribution < 1.29 is 14.7 Å². The third-order valence-electron chi connectivity index (χ3n) is 4.43. The zero-order chi connectivity index (χ0) is 16.4. The van der Waals surface area contributed by atoms with Crippen LogP contribution in [0.15, 0.2) is 24.3 Å². The van der Waals surface area contributed by atoms with E-state index < -0.39 is 6.09 Å². The predicted octanol–water partition coefficient (Wildman–Crippen LogP) is 2.09. The van der Waals surface area contributed by atoms with Gasteiger partial charge in [-0.25, -0.2) is 4.79 Å². The van der Waals surface area contributed by atoms with Crippen molar-refractivity contribution in [3.63, 3.8) is 0 Å². The van der Waals surface area contributed by atoms with E-state index >= 15 is 0 Å². The number of amides is 1. The van der Waals surface area contributed by atoms with Gasteiger partial charge in [0.2, 0.25) is 5.78 Å². The van der Waals surface area contributed by atoms with Gasteiger partial charge in [-0.2, -0.15) is 0 Å². The van der Waals surface area contributed by atoms with Gasteiger partial charge in [-0.3, -0.25) is 9.69 Å². The van der Waals surface area contributed by atoms with Gasteiger partial charge in [0.15, 0.2) is 0 Å². The summed E-state index contributed by atoms with van der Waals surface area (Å²) in [5.74, 6) is 5.48. The number of ketones is 1. The van der Waals surface area contributed by atoms with Crippen LogP contribution in [0.1, 0.15) is 18.4 Å². The molecular weight excluding hydrogens is 316 g/mol. The molecule has 1 N–H and O–H groups in total. The lowest BCUT2D eigenvalue weighted by atomic mass is 10.1. The highest BCUT2D eigenvalue weighted by Gasteiger charge is 2.41. The Labute approximate surface area is 139 Å². The first-order valence-electron chi connectivity index (χ1n) is 7.59. The summed E-state index contributed by atoms with van der Waals surface area (Å²) in [6, 6.07) is 7.01. The monoisotopic (exact) mass is 332 g/mol. The Bertz CT molecular complexity index is 695. The van der Waals surface area contributed by atoms with Crippen LogP contribution in [-0.4, -0.2) is 58.5 Å². The second-order valence-electron chi connectivity index (χ2n) is 5.84. The molecule has 0 spiro atoms. The first-order valence-corrected chi connectivity index (χ1v) is 7.97. The van der Waals surface area contributed by atoms with E-state index in [0.29, 0.717) is 24.7 Å². The number of halogens is 1. The molecule has 1 aromatic carbocycles. The fraction of sp³-hybridized carbons (Fsp3) is 0.412. The molecule has 1 amide bonds. The third kappa shape index (κ3) is 3.49. The van der Waals surface area contributed by atoms with Crippen LogP contribution in [0.3, 0.4) is 0 Å². The fourth-order valence-electron chi connectivity index (χ4n) is 3.29. The van der Waals surface area contributed by atoms with Crippen molar-refractivity contribution in [2.75, 3.05) is 19.6 Å². The van der Waals surface area contributed by atoms with E-state index in [9.17, 15) is 9.59 Å². The molecule has 6 heteroatoms. The predicted molar refractivity (Wildman–Crippen MR) is 86.5 cm³/mol. The van der Waals surface area contributed by atoms with Crippen molar-refractivity contribution in [3.05, 3.63) is 34.9 Å². The Hall–Kier alpha value is -2.03. The molecule has 0 aliphatic carbocycles. The zero-order valence-corrected chi connectivity index (χ0v) is 13.3. The Morgan fingerprint density at radius 3 is 2.83 bits per heavy atom. The summed E-state index contributed by atoms with van der Waals surface area (Å²) in [5.41, 5.74) is 0.719. The number of piperazine rings is 1. The minimum atomic E-state index is -0.889. The topological polar surface area (TPSA) is 60.9 Å². The highest BCUT2D eigenvalue weighted by molar-refractivity contribution is 6.30. The number of hydrogen-bond donors (Lipinski definition) is 1. The molecule has 5 nitrogen and oxygen atoms in total. The minimum absolute atomic E-state index is 0.101. The number of Topliss-reactive ketones (excluding diaryl/α,β-unsaturated/α-hetero) is 1. The second-order valence-corrected chi connectivity index (χ2v) is 6.27. The maximum atomic E-state index is 12.4. The van der Waals surface area contributed by atoms with Crippen molar-refractivity contribution in [1.29, 1.82) is 0 Å². The van der Waals surface area contributed by atoms with Gasteiger partial charge in [-0.1, -0.05) is 23.6 Å². The summed E-state index contributed by atoms with van der Waals surface area (Å²) in [7, 11) is 0. The molecule has 2 fully saturated rings. The maximum absolute atomic E-state index is 12.4. The Morgan fingerprint density at radius 2 is 2.09 bits per heavy atom. The lowest BCUT2D eigenvalue weighted by Gasteiger charge is -2.37. The van der Waals surface area contributed by atoms with Crippen molar-refractivity contribution in [3.8, 4) is 11.8 Å². The second kappa shape index (κ2) is 6.61. The first kappa shape index (κ1) is 15.9. The quantitative estimate of drug-likeness (QED) is 0.800. The molecule has 0 bridgehead atoms. The molecule has 2 heterocycles. The van der Waals surface area contributed by atoms with Crippen LogP contribution in [0, 0.1) is 11.8 Å². The standard InChI is InChI=1S/C17H17ClN2O3/c18-13-3-1-2-12(10-13)4-7-16(21)15-6-5-14-11-19(17(22)23)8-9-20(14)15/h1-3,10,14-15H,5-6,8-9,11H2,(H,22,23)/t14-,15+/m0/s1. The van der Waals surface area contributed by atoms with Crippen LogP contribution >= 0.6 is 11.6 Å². The van der Waals surface area contributed by atoms with E-state index in [1.807, 2.05) is 6.07 Å². The van der Waals surface area contributed by atoms with Crippen LogP contribution in [0.5, 0.6) is 0 Å². The van der Waals surface area contributed by atoms with Gasteiger partial charge in [0, 0.05) is 36.3 Å². The molecule has 120 valence electrons. The number of carbonyl (C=O) groups excluding carboxylic acids is 1. The summed E-state index contributed by atoms with van der Waals surface area (Å²) >= 11 is 5.90. The maximum Gasteiger partial charge on any atom is 0.407 e. The van der Waals surface area contributed by atoms with Crippen molar-refractivity contribution in [2.45, 2.75) is 24.9 Å². The lowest BCUT2D eigenvalue weighted by molar-refractivity contribution is -0.118. The van der Waals surface area contributed by atoms with Crippen molar-refractivity contribution >= 4 is 23.5 Å². The molecule has 0 unspecified atom stereocenters. The SMILES string of the molecule is O=C(C#Cc1cccc(Cl)c1)[C@H]1CC[C@H]2CN(C(=O)O)CCN21. The van der Waals surface area contributed by atoms with E-state index in [1.54, 1.807) is 18.2 Å². The summed E-state index contributed by atoms with van der Waals surface area (Å²) in [6.45, 7) is 1.50. The summed E-state index contributed by atoms with van der Waals surface area (Å²) in [4.78, 5) is 27.0.